The lowest BCUT2D eigenvalue weighted by Gasteiger charge is -2.21. The number of fused-ring (bicyclic) bond motifs is 2. The Hall–Kier alpha value is -1.05. The van der Waals surface area contributed by atoms with E-state index in [0.29, 0.717) is 5.82 Å². The van der Waals surface area contributed by atoms with Crippen LogP contribution in [0.25, 0.3) is 0 Å². The quantitative estimate of drug-likeness (QED) is 0.843. The first-order valence-corrected chi connectivity index (χ1v) is 6.51. The molecule has 2 aliphatic carbocycles. The molecule has 0 spiro atoms. The normalized spacial score (nSPS) is 32.1. The van der Waals surface area contributed by atoms with Crippen molar-refractivity contribution in [3.63, 3.8) is 0 Å². The molecule has 0 aliphatic heterocycles. The molecule has 0 amide bonds. The van der Waals surface area contributed by atoms with Crippen LogP contribution in [0.5, 0.6) is 0 Å². The molecule has 2 bridgehead atoms. The van der Waals surface area contributed by atoms with Crippen LogP contribution >= 0.6 is 0 Å². The zero-order valence-corrected chi connectivity index (χ0v) is 9.73. The number of nitrogens with two attached hydrogens (primary N) is 1. The Morgan fingerprint density at radius 2 is 2.25 bits per heavy atom. The molecule has 0 radical (unpaired) electrons. The van der Waals surface area contributed by atoms with E-state index >= 15 is 0 Å². The first-order chi connectivity index (χ1) is 7.81. The fourth-order valence-corrected chi connectivity index (χ4v) is 3.73. The summed E-state index contributed by atoms with van der Waals surface area (Å²) in [5.41, 5.74) is 7.05. The maximum absolute atomic E-state index is 5.69. The zero-order chi connectivity index (χ0) is 11.0. The summed E-state index contributed by atoms with van der Waals surface area (Å²) < 4.78 is 0. The lowest BCUT2D eigenvalue weighted by Crippen LogP contribution is -2.11. The zero-order valence-electron chi connectivity index (χ0n) is 9.73. The van der Waals surface area contributed by atoms with E-state index in [2.05, 4.69) is 11.1 Å². The highest BCUT2D eigenvalue weighted by Crippen LogP contribution is 2.49. The minimum absolute atomic E-state index is 0.658. The fraction of sp³-hybridized carbons (Fsp3) is 0.643. The van der Waals surface area contributed by atoms with E-state index in [9.17, 15) is 0 Å². The minimum atomic E-state index is 0.658. The summed E-state index contributed by atoms with van der Waals surface area (Å²) in [6, 6.07) is 4.12. The molecule has 3 unspecified atom stereocenters. The van der Waals surface area contributed by atoms with E-state index in [1.807, 2.05) is 12.3 Å². The predicted molar refractivity (Wildman–Crippen MR) is 65.9 cm³/mol. The molecule has 2 fully saturated rings. The van der Waals surface area contributed by atoms with Gasteiger partial charge in [0.2, 0.25) is 0 Å². The summed E-state index contributed by atoms with van der Waals surface area (Å²) in [6.45, 7) is 0. The van der Waals surface area contributed by atoms with Crippen molar-refractivity contribution in [1.29, 1.82) is 0 Å². The third kappa shape index (κ3) is 1.93. The van der Waals surface area contributed by atoms with Crippen LogP contribution in [0.4, 0.5) is 5.82 Å². The van der Waals surface area contributed by atoms with Gasteiger partial charge in [-0.15, -0.1) is 0 Å². The van der Waals surface area contributed by atoms with E-state index in [-0.39, 0.29) is 0 Å². The van der Waals surface area contributed by atoms with Crippen molar-refractivity contribution >= 4 is 5.82 Å². The molecule has 3 rings (SSSR count). The number of hydrogen-bond acceptors (Lipinski definition) is 2. The van der Waals surface area contributed by atoms with Crippen LogP contribution in [0.15, 0.2) is 18.3 Å². The number of hydrogen-bond donors (Lipinski definition) is 1. The molecular formula is C14H20N2. The Morgan fingerprint density at radius 3 is 2.94 bits per heavy atom. The van der Waals surface area contributed by atoms with Gasteiger partial charge in [-0.2, -0.15) is 0 Å². The van der Waals surface area contributed by atoms with Gasteiger partial charge in [-0.1, -0.05) is 6.42 Å². The molecule has 2 aliphatic rings. The standard InChI is InChI=1S/C14H20N2/c15-14-9-10(5-6-16-14)1-3-12-7-11-2-4-13(12)8-11/h5-6,9,11-13H,1-4,7-8H2,(H2,15,16). The van der Waals surface area contributed by atoms with E-state index in [0.717, 1.165) is 17.8 Å². The van der Waals surface area contributed by atoms with Gasteiger partial charge in [0.05, 0.1) is 0 Å². The van der Waals surface area contributed by atoms with Gasteiger partial charge in [0.25, 0.3) is 0 Å². The van der Waals surface area contributed by atoms with Crippen LogP contribution in [0.3, 0.4) is 0 Å². The highest BCUT2D eigenvalue weighted by Gasteiger charge is 2.38. The van der Waals surface area contributed by atoms with Crippen LogP contribution in [0.2, 0.25) is 0 Å². The van der Waals surface area contributed by atoms with Crippen molar-refractivity contribution in [2.45, 2.75) is 38.5 Å². The Balaban J connectivity index is 1.57. The summed E-state index contributed by atoms with van der Waals surface area (Å²) in [4.78, 5) is 4.04. The number of pyridine rings is 1. The van der Waals surface area contributed by atoms with Crippen LogP contribution in [-0.2, 0) is 6.42 Å². The van der Waals surface area contributed by atoms with Crippen LogP contribution in [0, 0.1) is 17.8 Å². The summed E-state index contributed by atoms with van der Waals surface area (Å²) in [5, 5.41) is 0. The maximum atomic E-state index is 5.69. The van der Waals surface area contributed by atoms with Crippen molar-refractivity contribution in [1.82, 2.24) is 4.98 Å². The SMILES string of the molecule is Nc1cc(CCC2CC3CCC2C3)ccn1. The van der Waals surface area contributed by atoms with Gasteiger partial charge in [-0.05, 0) is 67.6 Å². The smallest absolute Gasteiger partial charge is 0.123 e. The van der Waals surface area contributed by atoms with Gasteiger partial charge < -0.3 is 5.73 Å². The van der Waals surface area contributed by atoms with Gasteiger partial charge in [0, 0.05) is 6.20 Å². The lowest BCUT2D eigenvalue weighted by atomic mass is 9.85. The van der Waals surface area contributed by atoms with Gasteiger partial charge in [0.15, 0.2) is 0 Å². The van der Waals surface area contributed by atoms with Crippen molar-refractivity contribution < 1.29 is 0 Å². The predicted octanol–water partition coefficient (Wildman–Crippen LogP) is 3.03. The molecule has 0 aromatic carbocycles. The molecule has 2 nitrogen and oxygen atoms in total. The molecule has 0 saturated heterocycles. The second-order valence-corrected chi connectivity index (χ2v) is 5.56. The molecule has 16 heavy (non-hydrogen) atoms. The van der Waals surface area contributed by atoms with Gasteiger partial charge >= 0.3 is 0 Å². The number of aromatic nitrogens is 1. The van der Waals surface area contributed by atoms with Crippen molar-refractivity contribution in [3.8, 4) is 0 Å². The maximum Gasteiger partial charge on any atom is 0.123 e. The van der Waals surface area contributed by atoms with E-state index in [1.165, 1.54) is 44.1 Å². The average Bonchev–Trinajstić information content (AvgIpc) is 2.88. The Morgan fingerprint density at radius 1 is 1.31 bits per heavy atom. The van der Waals surface area contributed by atoms with Crippen molar-refractivity contribution in [3.05, 3.63) is 23.9 Å². The molecule has 2 saturated carbocycles. The molecule has 2 N–H and O–H groups in total. The summed E-state index contributed by atoms with van der Waals surface area (Å²) >= 11 is 0. The summed E-state index contributed by atoms with van der Waals surface area (Å²) in [7, 11) is 0. The summed E-state index contributed by atoms with van der Waals surface area (Å²) in [5.74, 6) is 3.76. The largest absolute Gasteiger partial charge is 0.384 e. The monoisotopic (exact) mass is 216 g/mol. The Bertz CT molecular complexity index is 375. The molecule has 1 heterocycles. The Labute approximate surface area is 97.3 Å². The molecule has 2 heteroatoms. The van der Waals surface area contributed by atoms with Crippen molar-refractivity contribution in [2.24, 2.45) is 17.8 Å². The second-order valence-electron chi connectivity index (χ2n) is 5.56. The minimum Gasteiger partial charge on any atom is -0.384 e. The van der Waals surface area contributed by atoms with Crippen LogP contribution in [-0.4, -0.2) is 4.98 Å². The second kappa shape index (κ2) is 4.08. The first kappa shape index (κ1) is 10.1. The molecular weight excluding hydrogens is 196 g/mol. The molecule has 86 valence electrons. The van der Waals surface area contributed by atoms with Gasteiger partial charge in [-0.25, -0.2) is 4.98 Å². The van der Waals surface area contributed by atoms with Crippen molar-refractivity contribution in [2.75, 3.05) is 5.73 Å². The van der Waals surface area contributed by atoms with Gasteiger partial charge in [-0.3, -0.25) is 0 Å². The van der Waals surface area contributed by atoms with Crippen LogP contribution in [0.1, 0.15) is 37.7 Å². The topological polar surface area (TPSA) is 38.9 Å². The Kier molecular flexibility index (Phi) is 2.58. The molecule has 1 aromatic heterocycles. The average molecular weight is 216 g/mol. The fourth-order valence-electron chi connectivity index (χ4n) is 3.73. The number of rotatable bonds is 3. The third-order valence-electron chi connectivity index (χ3n) is 4.53. The summed E-state index contributed by atoms with van der Waals surface area (Å²) in [6.07, 6.45) is 10.4. The number of anilines is 1. The first-order valence-electron chi connectivity index (χ1n) is 6.51. The van der Waals surface area contributed by atoms with Crippen LogP contribution < -0.4 is 5.73 Å². The number of aryl methyl sites for hydroxylation is 1. The highest BCUT2D eigenvalue weighted by atomic mass is 14.8. The number of nitrogens with zero attached hydrogens (tertiary/aromatic N) is 1. The lowest BCUT2D eigenvalue weighted by molar-refractivity contribution is 0.315. The number of nitrogen functional groups attached to an aromatic ring is 1. The van der Waals surface area contributed by atoms with E-state index in [1.54, 1.807) is 0 Å². The van der Waals surface area contributed by atoms with E-state index in [4.69, 9.17) is 5.73 Å². The third-order valence-corrected chi connectivity index (χ3v) is 4.53. The highest BCUT2D eigenvalue weighted by molar-refractivity contribution is 5.31. The molecule has 1 aromatic rings. The molecule has 3 atom stereocenters. The van der Waals surface area contributed by atoms with Gasteiger partial charge in [0.1, 0.15) is 5.82 Å². The van der Waals surface area contributed by atoms with E-state index < -0.39 is 0 Å².